The van der Waals surface area contributed by atoms with Crippen LogP contribution in [0.4, 0.5) is 5.69 Å². The number of carbonyl (C=O) groups excluding carboxylic acids is 1. The highest BCUT2D eigenvalue weighted by atomic mass is 16.2. The van der Waals surface area contributed by atoms with Crippen LogP contribution in [0.15, 0.2) is 48.8 Å². The molecule has 2 fully saturated rings. The number of allylic oxidation sites excluding steroid dienone is 2. The number of fused-ring (bicyclic) bond motifs is 2. The number of anilines is 1. The maximum atomic E-state index is 12.7. The Bertz CT molecular complexity index is 868. The van der Waals surface area contributed by atoms with E-state index < -0.39 is 0 Å². The van der Waals surface area contributed by atoms with Gasteiger partial charge in [-0.2, -0.15) is 0 Å². The van der Waals surface area contributed by atoms with Crippen LogP contribution < -0.4 is 16.0 Å². The number of benzene rings is 1. The van der Waals surface area contributed by atoms with Crippen LogP contribution in [0, 0.1) is 23.2 Å². The Balaban J connectivity index is 1.23. The number of rotatable bonds is 7. The molecule has 0 saturated heterocycles. The molecule has 4 rings (SSSR count). The molecule has 166 valence electrons. The highest BCUT2D eigenvalue weighted by Gasteiger charge is 2.40. The highest BCUT2D eigenvalue weighted by molar-refractivity contribution is 6.01. The van der Waals surface area contributed by atoms with Crippen LogP contribution in [0.2, 0.25) is 0 Å². The largest absolute Gasteiger partial charge is 0.369 e. The van der Waals surface area contributed by atoms with E-state index in [4.69, 9.17) is 5.41 Å². The van der Waals surface area contributed by atoms with Gasteiger partial charge in [-0.25, -0.2) is 0 Å². The number of nitrogens with one attached hydrogen (secondary N) is 4. The van der Waals surface area contributed by atoms with Gasteiger partial charge < -0.3 is 20.9 Å². The number of amidine groups is 1. The standard InChI is InChI=1S/C25H35N5O/c1-16(28-23-7-5-4-6-21(23)24(26)30(2)3)27-19-10-12-20(13-11-19)29-25(31)22-15-17-8-9-18(22)14-17/h4-9,17-20,22,26-28H,1,10-15H2,2-3H3,(H,29,31). The number of nitrogens with zero attached hydrogens (tertiary/aromatic N) is 1. The molecule has 1 aromatic rings. The molecular weight excluding hydrogens is 386 g/mol. The third-order valence-electron chi connectivity index (χ3n) is 6.98. The van der Waals surface area contributed by atoms with E-state index in [1.54, 1.807) is 4.90 Å². The Kier molecular flexibility index (Phi) is 6.35. The van der Waals surface area contributed by atoms with E-state index in [0.29, 0.717) is 23.7 Å². The molecule has 0 spiro atoms. The van der Waals surface area contributed by atoms with Crippen LogP contribution in [-0.2, 0) is 4.79 Å². The van der Waals surface area contributed by atoms with Gasteiger partial charge in [-0.3, -0.25) is 10.2 Å². The summed E-state index contributed by atoms with van der Waals surface area (Å²) in [5.41, 5.74) is 1.72. The number of hydrogen-bond acceptors (Lipinski definition) is 4. The van der Waals surface area contributed by atoms with Gasteiger partial charge in [0.1, 0.15) is 5.84 Å². The fourth-order valence-electron chi connectivity index (χ4n) is 5.26. The minimum absolute atomic E-state index is 0.191. The Morgan fingerprint density at radius 3 is 2.32 bits per heavy atom. The molecule has 2 saturated carbocycles. The Morgan fingerprint density at radius 1 is 1.03 bits per heavy atom. The number of hydrogen-bond donors (Lipinski definition) is 4. The molecule has 3 atom stereocenters. The van der Waals surface area contributed by atoms with Gasteiger partial charge in [-0.1, -0.05) is 30.9 Å². The first kappa shape index (κ1) is 21.5. The summed E-state index contributed by atoms with van der Waals surface area (Å²) in [5.74, 6) is 2.76. The molecule has 1 amide bonds. The van der Waals surface area contributed by atoms with Gasteiger partial charge in [-0.15, -0.1) is 0 Å². The monoisotopic (exact) mass is 421 g/mol. The molecule has 2 bridgehead atoms. The molecule has 6 heteroatoms. The van der Waals surface area contributed by atoms with E-state index >= 15 is 0 Å². The number of amides is 1. The van der Waals surface area contributed by atoms with Crippen molar-refractivity contribution in [2.75, 3.05) is 19.4 Å². The third-order valence-corrected chi connectivity index (χ3v) is 6.98. The van der Waals surface area contributed by atoms with Crippen LogP contribution in [0.25, 0.3) is 0 Å². The van der Waals surface area contributed by atoms with Crippen molar-refractivity contribution >= 4 is 17.4 Å². The first-order chi connectivity index (χ1) is 14.9. The summed E-state index contributed by atoms with van der Waals surface area (Å²) in [6.07, 6.45) is 10.7. The summed E-state index contributed by atoms with van der Waals surface area (Å²) < 4.78 is 0. The van der Waals surface area contributed by atoms with Crippen molar-refractivity contribution in [3.8, 4) is 0 Å². The zero-order valence-corrected chi connectivity index (χ0v) is 18.7. The zero-order chi connectivity index (χ0) is 22.0. The summed E-state index contributed by atoms with van der Waals surface area (Å²) in [7, 11) is 3.74. The first-order valence-electron chi connectivity index (χ1n) is 11.5. The number of para-hydroxylation sites is 1. The molecule has 3 unspecified atom stereocenters. The summed E-state index contributed by atoms with van der Waals surface area (Å²) in [4.78, 5) is 14.5. The average molecular weight is 422 g/mol. The van der Waals surface area contributed by atoms with Crippen molar-refractivity contribution < 1.29 is 4.79 Å². The van der Waals surface area contributed by atoms with Crippen molar-refractivity contribution in [3.63, 3.8) is 0 Å². The molecule has 3 aliphatic rings. The Morgan fingerprint density at radius 2 is 1.71 bits per heavy atom. The lowest BCUT2D eigenvalue weighted by Gasteiger charge is -2.32. The van der Waals surface area contributed by atoms with Gasteiger partial charge in [0.25, 0.3) is 0 Å². The van der Waals surface area contributed by atoms with E-state index in [9.17, 15) is 4.79 Å². The van der Waals surface area contributed by atoms with Crippen molar-refractivity contribution in [2.45, 2.75) is 50.6 Å². The van der Waals surface area contributed by atoms with Crippen molar-refractivity contribution in [1.29, 1.82) is 5.41 Å². The van der Waals surface area contributed by atoms with Crippen LogP contribution in [0.3, 0.4) is 0 Å². The molecule has 1 aromatic carbocycles. The van der Waals surface area contributed by atoms with Crippen molar-refractivity contribution in [3.05, 3.63) is 54.4 Å². The summed E-state index contributed by atoms with van der Waals surface area (Å²) >= 11 is 0. The van der Waals surface area contributed by atoms with Gasteiger partial charge in [0.2, 0.25) is 5.91 Å². The first-order valence-corrected chi connectivity index (χ1v) is 11.5. The summed E-state index contributed by atoms with van der Waals surface area (Å²) in [6.45, 7) is 4.15. The summed E-state index contributed by atoms with van der Waals surface area (Å²) in [5, 5.41) is 18.5. The van der Waals surface area contributed by atoms with Gasteiger partial charge in [-0.05, 0) is 62.5 Å². The minimum Gasteiger partial charge on any atom is -0.369 e. The fourth-order valence-corrected chi connectivity index (χ4v) is 5.26. The topological polar surface area (TPSA) is 80.2 Å². The predicted octanol–water partition coefficient (Wildman–Crippen LogP) is 3.69. The van der Waals surface area contributed by atoms with Gasteiger partial charge in [0.15, 0.2) is 0 Å². The zero-order valence-electron chi connectivity index (χ0n) is 18.7. The second kappa shape index (κ2) is 9.16. The van der Waals surface area contributed by atoms with Gasteiger partial charge in [0, 0.05) is 37.7 Å². The molecule has 0 aromatic heterocycles. The molecule has 4 N–H and O–H groups in total. The SMILES string of the molecule is C=C(Nc1ccccc1C(=N)N(C)C)NC1CCC(NC(=O)C2CC3C=CC2C3)CC1. The lowest BCUT2D eigenvalue weighted by molar-refractivity contribution is -0.126. The maximum Gasteiger partial charge on any atom is 0.223 e. The predicted molar refractivity (Wildman–Crippen MR) is 126 cm³/mol. The normalized spacial score (nSPS) is 28.8. The van der Waals surface area contributed by atoms with Gasteiger partial charge in [0.05, 0.1) is 11.5 Å². The Hall–Kier alpha value is -2.76. The van der Waals surface area contributed by atoms with E-state index in [-0.39, 0.29) is 17.9 Å². The van der Waals surface area contributed by atoms with Gasteiger partial charge >= 0.3 is 0 Å². The molecule has 6 nitrogen and oxygen atoms in total. The Labute approximate surface area is 185 Å². The lowest BCUT2D eigenvalue weighted by atomic mass is 9.89. The highest BCUT2D eigenvalue weighted by Crippen LogP contribution is 2.43. The summed E-state index contributed by atoms with van der Waals surface area (Å²) in [6, 6.07) is 8.45. The lowest BCUT2D eigenvalue weighted by Crippen LogP contribution is -2.45. The second-order valence-corrected chi connectivity index (χ2v) is 9.48. The molecule has 0 heterocycles. The van der Waals surface area contributed by atoms with Crippen LogP contribution in [0.1, 0.15) is 44.1 Å². The fraction of sp³-hybridized carbons (Fsp3) is 0.520. The average Bonchev–Trinajstić information content (AvgIpc) is 3.39. The minimum atomic E-state index is 0.191. The van der Waals surface area contributed by atoms with Crippen LogP contribution >= 0.6 is 0 Å². The van der Waals surface area contributed by atoms with E-state index in [1.165, 1.54) is 6.42 Å². The van der Waals surface area contributed by atoms with Crippen molar-refractivity contribution in [2.24, 2.45) is 17.8 Å². The van der Waals surface area contributed by atoms with E-state index in [2.05, 4.69) is 34.7 Å². The van der Waals surface area contributed by atoms with Crippen LogP contribution in [-0.4, -0.2) is 42.8 Å². The third kappa shape index (κ3) is 4.94. The molecular formula is C25H35N5O. The quantitative estimate of drug-likeness (QED) is 0.308. The molecule has 0 aliphatic heterocycles. The second-order valence-electron chi connectivity index (χ2n) is 9.48. The maximum absolute atomic E-state index is 12.7. The van der Waals surface area contributed by atoms with E-state index in [1.807, 2.05) is 38.4 Å². The smallest absolute Gasteiger partial charge is 0.223 e. The molecule has 31 heavy (non-hydrogen) atoms. The number of carbonyl (C=O) groups is 1. The van der Waals surface area contributed by atoms with Crippen LogP contribution in [0.5, 0.6) is 0 Å². The van der Waals surface area contributed by atoms with E-state index in [0.717, 1.165) is 49.2 Å². The molecule has 3 aliphatic carbocycles. The molecule has 0 radical (unpaired) electrons. The van der Waals surface area contributed by atoms with Crippen molar-refractivity contribution in [1.82, 2.24) is 15.5 Å².